The third-order valence-electron chi connectivity index (χ3n) is 6.31. The number of aliphatic imine (C=N–C) groups is 2. The SMILES string of the molecule is CC1(I)CC2(C)C3/C=N\C=N/C1CCCCC2(C)C3. The monoisotopic (exact) mass is 372 g/mol. The zero-order valence-electron chi connectivity index (χ0n) is 12.3. The van der Waals surface area contributed by atoms with Gasteiger partial charge in [-0.15, -0.1) is 0 Å². The van der Waals surface area contributed by atoms with Crippen LogP contribution >= 0.6 is 22.6 Å². The number of hydrogen-bond acceptors (Lipinski definition) is 2. The molecule has 1 heterocycles. The highest BCUT2D eigenvalue weighted by Gasteiger charge is 2.61. The van der Waals surface area contributed by atoms with E-state index in [9.17, 15) is 0 Å². The minimum Gasteiger partial charge on any atom is -0.269 e. The van der Waals surface area contributed by atoms with Crippen LogP contribution in [0.25, 0.3) is 0 Å². The van der Waals surface area contributed by atoms with Crippen molar-refractivity contribution in [3.63, 3.8) is 0 Å². The summed E-state index contributed by atoms with van der Waals surface area (Å²) >= 11 is 2.68. The van der Waals surface area contributed by atoms with Crippen LogP contribution in [-0.4, -0.2) is 22.0 Å². The minimum absolute atomic E-state index is 0.265. The van der Waals surface area contributed by atoms with Crippen LogP contribution in [0, 0.1) is 16.7 Å². The van der Waals surface area contributed by atoms with E-state index in [0.29, 0.717) is 22.8 Å². The second-order valence-corrected chi connectivity index (χ2v) is 10.0. The van der Waals surface area contributed by atoms with Gasteiger partial charge in [-0.3, -0.25) is 4.99 Å². The number of halogens is 1. The Bertz CT molecular complexity index is 428. The minimum atomic E-state index is 0.265. The molecular weight excluding hydrogens is 347 g/mol. The summed E-state index contributed by atoms with van der Waals surface area (Å²) in [5.74, 6) is 0.648. The Morgan fingerprint density at radius 3 is 2.79 bits per heavy atom. The number of fused-ring (bicyclic) bond motifs is 2. The zero-order valence-corrected chi connectivity index (χ0v) is 14.5. The van der Waals surface area contributed by atoms with E-state index in [1.54, 1.807) is 0 Å². The summed E-state index contributed by atoms with van der Waals surface area (Å²) in [6.45, 7) is 7.44. The van der Waals surface area contributed by atoms with Gasteiger partial charge in [-0.2, -0.15) is 0 Å². The van der Waals surface area contributed by atoms with Gasteiger partial charge < -0.3 is 0 Å². The zero-order chi connectivity index (χ0) is 13.7. The highest BCUT2D eigenvalue weighted by Crippen LogP contribution is 2.67. The molecule has 106 valence electrons. The second kappa shape index (κ2) is 4.54. The Kier molecular flexibility index (Phi) is 3.35. The van der Waals surface area contributed by atoms with Crippen molar-refractivity contribution in [3.8, 4) is 0 Å². The number of alkyl halides is 1. The maximum Gasteiger partial charge on any atom is 0.109 e. The predicted octanol–water partition coefficient (Wildman–Crippen LogP) is 4.66. The van der Waals surface area contributed by atoms with Crippen LogP contribution in [0.5, 0.6) is 0 Å². The van der Waals surface area contributed by atoms with Gasteiger partial charge in [0.05, 0.1) is 6.04 Å². The summed E-state index contributed by atoms with van der Waals surface area (Å²) in [5, 5.41) is 0. The molecule has 2 saturated carbocycles. The molecule has 0 aromatic heterocycles. The standard InChI is InChI=1S/C16H25IN2/c1-14-7-5-4-6-13-16(3,17)10-15(14,2)12(8-14)9-18-11-19-13/h9,11-13H,4-8,10H2,1-3H3/b18-9-,19-11-. The van der Waals surface area contributed by atoms with E-state index in [2.05, 4.69) is 54.6 Å². The molecule has 0 N–H and O–H groups in total. The predicted molar refractivity (Wildman–Crippen MR) is 90.6 cm³/mol. The first-order chi connectivity index (χ1) is 8.87. The second-order valence-electron chi connectivity index (χ2n) is 7.57. The van der Waals surface area contributed by atoms with Gasteiger partial charge in [-0.1, -0.05) is 49.3 Å². The number of nitrogens with zero attached hydrogens (tertiary/aromatic N) is 2. The van der Waals surface area contributed by atoms with E-state index < -0.39 is 0 Å². The summed E-state index contributed by atoms with van der Waals surface area (Å²) in [5.41, 5.74) is 0.915. The molecule has 0 radical (unpaired) electrons. The van der Waals surface area contributed by atoms with Crippen molar-refractivity contribution in [3.05, 3.63) is 0 Å². The first-order valence-corrected chi connectivity index (χ1v) is 8.69. The molecule has 5 atom stereocenters. The van der Waals surface area contributed by atoms with Crippen molar-refractivity contribution in [2.45, 2.75) is 68.8 Å². The van der Waals surface area contributed by atoms with Gasteiger partial charge in [0.15, 0.2) is 0 Å². The topological polar surface area (TPSA) is 24.7 Å². The molecule has 0 aromatic rings. The van der Waals surface area contributed by atoms with Crippen LogP contribution in [0.3, 0.4) is 0 Å². The van der Waals surface area contributed by atoms with Crippen LogP contribution < -0.4 is 0 Å². The molecule has 2 fully saturated rings. The van der Waals surface area contributed by atoms with E-state index in [0.717, 1.165) is 0 Å². The summed E-state index contributed by atoms with van der Waals surface area (Å²) < 4.78 is 0.265. The van der Waals surface area contributed by atoms with Crippen LogP contribution in [0.1, 0.15) is 59.3 Å². The Morgan fingerprint density at radius 2 is 2.00 bits per heavy atom. The van der Waals surface area contributed by atoms with E-state index in [1.807, 2.05) is 6.34 Å². The molecule has 0 spiro atoms. The molecule has 1 aliphatic heterocycles. The number of rotatable bonds is 0. The van der Waals surface area contributed by atoms with Crippen LogP contribution in [-0.2, 0) is 0 Å². The molecule has 2 nitrogen and oxygen atoms in total. The van der Waals surface area contributed by atoms with Crippen LogP contribution in [0.2, 0.25) is 0 Å². The first-order valence-electron chi connectivity index (χ1n) is 7.61. The van der Waals surface area contributed by atoms with E-state index in [-0.39, 0.29) is 3.42 Å². The quantitative estimate of drug-likeness (QED) is 0.437. The molecule has 0 aromatic carbocycles. The summed E-state index contributed by atoms with van der Waals surface area (Å²) in [4.78, 5) is 9.26. The van der Waals surface area contributed by atoms with Gasteiger partial charge >= 0.3 is 0 Å². The molecule has 3 rings (SSSR count). The lowest BCUT2D eigenvalue weighted by Crippen LogP contribution is -2.58. The summed E-state index contributed by atoms with van der Waals surface area (Å²) in [6, 6.07) is 0.434. The van der Waals surface area contributed by atoms with E-state index in [1.165, 1.54) is 38.5 Å². The summed E-state index contributed by atoms with van der Waals surface area (Å²) in [7, 11) is 0. The van der Waals surface area contributed by atoms with Crippen molar-refractivity contribution in [2.24, 2.45) is 26.7 Å². The fourth-order valence-electron chi connectivity index (χ4n) is 4.69. The normalized spacial score (nSPS) is 56.6. The van der Waals surface area contributed by atoms with Gasteiger partial charge in [-0.05, 0) is 43.4 Å². The molecule has 3 heteroatoms. The maximum absolute atomic E-state index is 4.77. The average molecular weight is 372 g/mol. The van der Waals surface area contributed by atoms with E-state index >= 15 is 0 Å². The van der Waals surface area contributed by atoms with Crippen molar-refractivity contribution < 1.29 is 0 Å². The highest BCUT2D eigenvalue weighted by atomic mass is 127. The summed E-state index contributed by atoms with van der Waals surface area (Å²) in [6.07, 6.45) is 11.9. The van der Waals surface area contributed by atoms with Crippen molar-refractivity contribution in [2.75, 3.05) is 0 Å². The fourth-order valence-corrected chi connectivity index (χ4v) is 5.96. The van der Waals surface area contributed by atoms with Gasteiger partial charge in [0.2, 0.25) is 0 Å². The van der Waals surface area contributed by atoms with Crippen LogP contribution in [0.4, 0.5) is 0 Å². The molecular formula is C16H25IN2. The Hall–Kier alpha value is 0.0700. The molecule has 3 aliphatic rings. The van der Waals surface area contributed by atoms with Gasteiger partial charge in [0.1, 0.15) is 6.34 Å². The molecule has 2 bridgehead atoms. The van der Waals surface area contributed by atoms with Crippen molar-refractivity contribution >= 4 is 35.1 Å². The third kappa shape index (κ3) is 2.11. The third-order valence-corrected chi connectivity index (χ3v) is 7.41. The van der Waals surface area contributed by atoms with Gasteiger partial charge in [-0.25, -0.2) is 4.99 Å². The fraction of sp³-hybridized carbons (Fsp3) is 0.875. The molecule has 0 amide bonds. The van der Waals surface area contributed by atoms with Gasteiger partial charge in [0.25, 0.3) is 0 Å². The Labute approximate surface area is 130 Å². The highest BCUT2D eigenvalue weighted by molar-refractivity contribution is 14.1. The number of hydrogen-bond donors (Lipinski definition) is 0. The molecule has 0 saturated heterocycles. The Balaban J connectivity index is 2.05. The lowest BCUT2D eigenvalue weighted by atomic mass is 9.42. The van der Waals surface area contributed by atoms with Crippen LogP contribution in [0.15, 0.2) is 9.98 Å². The van der Waals surface area contributed by atoms with Gasteiger partial charge in [0, 0.05) is 15.6 Å². The van der Waals surface area contributed by atoms with Crippen molar-refractivity contribution in [1.82, 2.24) is 0 Å². The van der Waals surface area contributed by atoms with Crippen molar-refractivity contribution in [1.29, 1.82) is 0 Å². The molecule has 2 aliphatic carbocycles. The maximum atomic E-state index is 4.77. The Morgan fingerprint density at radius 1 is 1.21 bits per heavy atom. The molecule has 19 heavy (non-hydrogen) atoms. The average Bonchev–Trinajstić information content (AvgIpc) is 2.36. The largest absolute Gasteiger partial charge is 0.269 e. The smallest absolute Gasteiger partial charge is 0.109 e. The van der Waals surface area contributed by atoms with E-state index in [4.69, 9.17) is 4.99 Å². The lowest BCUT2D eigenvalue weighted by Gasteiger charge is -2.63. The first kappa shape index (κ1) is 14.0. The molecule has 5 unspecified atom stereocenters. The lowest BCUT2D eigenvalue weighted by molar-refractivity contribution is -0.102.